The first-order valence-corrected chi connectivity index (χ1v) is 10.1. The Bertz CT molecular complexity index is 1220. The second kappa shape index (κ2) is 10.0. The van der Waals surface area contributed by atoms with E-state index < -0.39 is 11.7 Å². The number of benzene rings is 1. The van der Waals surface area contributed by atoms with Crippen molar-refractivity contribution in [1.82, 2.24) is 20.3 Å². The van der Waals surface area contributed by atoms with Crippen molar-refractivity contribution in [2.24, 2.45) is 10.7 Å². The highest BCUT2D eigenvalue weighted by Gasteiger charge is 2.14. The van der Waals surface area contributed by atoms with E-state index in [-0.39, 0.29) is 29.3 Å². The molecule has 0 unspecified atom stereocenters. The van der Waals surface area contributed by atoms with Crippen LogP contribution in [0.15, 0.2) is 53.7 Å². The molecular weight excluding hydrogens is 427 g/mol. The van der Waals surface area contributed by atoms with Crippen molar-refractivity contribution in [2.45, 2.75) is 32.7 Å². The summed E-state index contributed by atoms with van der Waals surface area (Å²) >= 11 is 0. The summed E-state index contributed by atoms with van der Waals surface area (Å²) in [6.07, 6.45) is 5.05. The molecule has 0 aliphatic carbocycles. The van der Waals surface area contributed by atoms with Gasteiger partial charge in [0.1, 0.15) is 17.9 Å². The fourth-order valence-corrected chi connectivity index (χ4v) is 2.70. The van der Waals surface area contributed by atoms with Crippen LogP contribution in [0.1, 0.15) is 26.5 Å². The van der Waals surface area contributed by atoms with Crippen LogP contribution in [0.4, 0.5) is 4.39 Å². The van der Waals surface area contributed by atoms with Crippen LogP contribution in [-0.2, 0) is 11.2 Å². The fraction of sp³-hybridized carbons (Fsp3) is 0.261. The van der Waals surface area contributed by atoms with Gasteiger partial charge in [-0.3, -0.25) is 14.8 Å². The van der Waals surface area contributed by atoms with Gasteiger partial charge in [0.2, 0.25) is 11.8 Å². The van der Waals surface area contributed by atoms with Gasteiger partial charge in [-0.15, -0.1) is 0 Å². The Hall–Kier alpha value is -4.08. The van der Waals surface area contributed by atoms with Gasteiger partial charge in [0.15, 0.2) is 5.75 Å². The molecule has 1 aromatic carbocycles. The third-order valence-corrected chi connectivity index (χ3v) is 4.30. The first-order valence-electron chi connectivity index (χ1n) is 10.1. The summed E-state index contributed by atoms with van der Waals surface area (Å²) in [5, 5.41) is 3.18. The highest BCUT2D eigenvalue weighted by atomic mass is 19.1. The van der Waals surface area contributed by atoms with Crippen molar-refractivity contribution >= 4 is 23.0 Å². The van der Waals surface area contributed by atoms with E-state index in [9.17, 15) is 9.18 Å². The summed E-state index contributed by atoms with van der Waals surface area (Å²) in [6, 6.07) is 6.39. The molecule has 2 aromatic heterocycles. The lowest BCUT2D eigenvalue weighted by molar-refractivity contribution is -0.119. The molecule has 172 valence electrons. The van der Waals surface area contributed by atoms with Gasteiger partial charge in [-0.05, 0) is 39.0 Å². The van der Waals surface area contributed by atoms with E-state index in [1.165, 1.54) is 24.9 Å². The quantitative estimate of drug-likeness (QED) is 0.527. The largest absolute Gasteiger partial charge is 0.497 e. The van der Waals surface area contributed by atoms with Gasteiger partial charge in [-0.1, -0.05) is 0 Å². The van der Waals surface area contributed by atoms with Crippen LogP contribution >= 0.6 is 0 Å². The van der Waals surface area contributed by atoms with E-state index in [1.807, 2.05) is 20.8 Å². The maximum atomic E-state index is 14.6. The summed E-state index contributed by atoms with van der Waals surface area (Å²) < 4.78 is 25.6. The Balaban J connectivity index is 1.72. The number of methoxy groups -OCH3 is 1. The predicted molar refractivity (Wildman–Crippen MR) is 123 cm³/mol. The Morgan fingerprint density at radius 1 is 1.21 bits per heavy atom. The number of hydrogen-bond donors (Lipinski definition) is 2. The third kappa shape index (κ3) is 6.45. The molecule has 10 heteroatoms. The van der Waals surface area contributed by atoms with Gasteiger partial charge in [0.25, 0.3) is 0 Å². The Labute approximate surface area is 190 Å². The van der Waals surface area contributed by atoms with Crippen LogP contribution in [0.3, 0.4) is 0 Å². The average Bonchev–Trinajstić information content (AvgIpc) is 2.77. The fourth-order valence-electron chi connectivity index (χ4n) is 2.70. The van der Waals surface area contributed by atoms with Crippen LogP contribution in [0, 0.1) is 5.82 Å². The molecule has 0 bridgehead atoms. The molecule has 3 rings (SSSR count). The van der Waals surface area contributed by atoms with Gasteiger partial charge in [0, 0.05) is 18.5 Å². The SMILES string of the molecule is COc1ccc2ncnc(Oc3cnc(CC(=O)N/C(C=NC(C)(C)C)=C/N)c(F)c3)c2c1. The molecular formula is C23H25FN6O3. The zero-order valence-corrected chi connectivity index (χ0v) is 18.8. The van der Waals surface area contributed by atoms with Gasteiger partial charge in [0.05, 0.1) is 47.6 Å². The van der Waals surface area contributed by atoms with Crippen LogP contribution in [-0.4, -0.2) is 39.7 Å². The molecule has 3 N–H and O–H groups in total. The standard InChI is InChI=1S/C23H25FN6O3/c1-23(2,3)29-11-14(10-25)30-21(31)9-20-18(24)8-16(12-26-20)33-22-17-7-15(32-4)5-6-19(17)27-13-28-22/h5-8,10-13H,9,25H2,1-4H3,(H,30,31)/b14-10+,29-11?. The summed E-state index contributed by atoms with van der Waals surface area (Å²) in [7, 11) is 1.54. The number of fused-ring (bicyclic) bond motifs is 1. The van der Waals surface area contributed by atoms with Gasteiger partial charge < -0.3 is 20.5 Å². The molecule has 0 radical (unpaired) electrons. The number of carbonyl (C=O) groups is 1. The Kier molecular flexibility index (Phi) is 7.17. The highest BCUT2D eigenvalue weighted by molar-refractivity contribution is 5.89. The zero-order valence-electron chi connectivity index (χ0n) is 18.8. The number of carbonyl (C=O) groups excluding carboxylic acids is 1. The minimum absolute atomic E-state index is 0.0433. The first-order chi connectivity index (χ1) is 15.7. The topological polar surface area (TPSA) is 125 Å². The third-order valence-electron chi connectivity index (χ3n) is 4.30. The number of amides is 1. The molecule has 2 heterocycles. The minimum Gasteiger partial charge on any atom is -0.497 e. The number of aromatic nitrogens is 3. The van der Waals surface area contributed by atoms with Crippen molar-refractivity contribution in [2.75, 3.05) is 7.11 Å². The molecule has 0 aliphatic heterocycles. The van der Waals surface area contributed by atoms with E-state index in [0.717, 1.165) is 6.07 Å². The van der Waals surface area contributed by atoms with E-state index in [1.54, 1.807) is 25.3 Å². The smallest absolute Gasteiger partial charge is 0.230 e. The highest BCUT2D eigenvalue weighted by Crippen LogP contribution is 2.29. The van der Waals surface area contributed by atoms with E-state index in [4.69, 9.17) is 15.2 Å². The molecule has 3 aromatic rings. The summed E-state index contributed by atoms with van der Waals surface area (Å²) in [5.41, 5.74) is 6.10. The van der Waals surface area contributed by atoms with E-state index >= 15 is 0 Å². The maximum absolute atomic E-state index is 14.6. The number of ether oxygens (including phenoxy) is 2. The molecule has 0 atom stereocenters. The van der Waals surface area contributed by atoms with Crippen LogP contribution in [0.25, 0.3) is 10.9 Å². The van der Waals surface area contributed by atoms with Crippen LogP contribution < -0.4 is 20.5 Å². The second-order valence-corrected chi connectivity index (χ2v) is 8.04. The van der Waals surface area contributed by atoms with E-state index in [2.05, 4.69) is 25.3 Å². The lowest BCUT2D eigenvalue weighted by Gasteiger charge is -2.12. The molecule has 9 nitrogen and oxygen atoms in total. The van der Waals surface area contributed by atoms with Crippen molar-refractivity contribution in [3.05, 3.63) is 60.2 Å². The number of nitrogens with two attached hydrogens (primary N) is 1. The first kappa shape index (κ1) is 23.6. The Morgan fingerprint density at radius 2 is 2.00 bits per heavy atom. The second-order valence-electron chi connectivity index (χ2n) is 8.04. The van der Waals surface area contributed by atoms with E-state index in [0.29, 0.717) is 22.3 Å². The maximum Gasteiger partial charge on any atom is 0.230 e. The van der Waals surface area contributed by atoms with Gasteiger partial charge in [-0.2, -0.15) is 0 Å². The number of rotatable bonds is 7. The number of pyridine rings is 1. The number of nitrogens with zero attached hydrogens (tertiary/aromatic N) is 4. The summed E-state index contributed by atoms with van der Waals surface area (Å²) in [4.78, 5) is 28.9. The van der Waals surface area contributed by atoms with Gasteiger partial charge >= 0.3 is 0 Å². The normalized spacial score (nSPS) is 12.2. The monoisotopic (exact) mass is 452 g/mol. The number of hydrogen-bond acceptors (Lipinski definition) is 8. The number of aliphatic imine (C=N–C) groups is 1. The molecule has 1 amide bonds. The predicted octanol–water partition coefficient (Wildman–Crippen LogP) is 3.29. The molecule has 33 heavy (non-hydrogen) atoms. The van der Waals surface area contributed by atoms with Crippen molar-refractivity contribution in [3.8, 4) is 17.4 Å². The van der Waals surface area contributed by atoms with Crippen LogP contribution in [0.2, 0.25) is 0 Å². The molecule has 0 spiro atoms. The average molecular weight is 452 g/mol. The molecule has 0 fully saturated rings. The number of halogens is 1. The molecule has 0 saturated carbocycles. The lowest BCUT2D eigenvalue weighted by atomic mass is 10.1. The Morgan fingerprint density at radius 3 is 2.67 bits per heavy atom. The number of nitrogens with one attached hydrogen (secondary N) is 1. The van der Waals surface area contributed by atoms with Crippen molar-refractivity contribution < 1.29 is 18.7 Å². The van der Waals surface area contributed by atoms with Crippen LogP contribution in [0.5, 0.6) is 17.4 Å². The molecule has 0 saturated heterocycles. The lowest BCUT2D eigenvalue weighted by Crippen LogP contribution is -2.27. The van der Waals surface area contributed by atoms with Crippen molar-refractivity contribution in [3.63, 3.8) is 0 Å². The molecule has 0 aliphatic rings. The number of allylic oxidation sites excluding steroid dienone is 1. The minimum atomic E-state index is -0.694. The van der Waals surface area contributed by atoms with Gasteiger partial charge in [-0.25, -0.2) is 14.4 Å². The summed E-state index contributed by atoms with van der Waals surface area (Å²) in [5.74, 6) is -0.228. The van der Waals surface area contributed by atoms with Crippen molar-refractivity contribution in [1.29, 1.82) is 0 Å². The summed E-state index contributed by atoms with van der Waals surface area (Å²) in [6.45, 7) is 5.72. The zero-order chi connectivity index (χ0) is 24.0.